The Morgan fingerprint density at radius 2 is 1.72 bits per heavy atom. The van der Waals surface area contributed by atoms with Crippen molar-refractivity contribution in [2.24, 2.45) is 5.73 Å². The number of H-pyrrole nitrogens is 2. The first kappa shape index (κ1) is 30.1. The SMILES string of the molecule is CSCCC(N)C(=O)NC(Cc1c[nH]c2ccccc12)C(=O)NC(CS)C(=O)NC(Cc1cnc[nH]1)C(=O)O. The van der Waals surface area contributed by atoms with Gasteiger partial charge in [-0.1, -0.05) is 18.2 Å². The van der Waals surface area contributed by atoms with Crippen LogP contribution < -0.4 is 21.7 Å². The molecule has 4 atom stereocenters. The molecular formula is C25H33N7O5S2. The summed E-state index contributed by atoms with van der Waals surface area (Å²) >= 11 is 5.74. The number of imidazole rings is 1. The Bertz CT molecular complexity index is 1270. The van der Waals surface area contributed by atoms with Gasteiger partial charge in [-0.25, -0.2) is 9.78 Å². The molecule has 0 saturated heterocycles. The number of aromatic amines is 2. The molecule has 0 aliphatic heterocycles. The maximum absolute atomic E-state index is 13.4. The van der Waals surface area contributed by atoms with Crippen LogP contribution in [0.5, 0.6) is 0 Å². The van der Waals surface area contributed by atoms with Crippen LogP contribution >= 0.6 is 24.4 Å². The van der Waals surface area contributed by atoms with Gasteiger partial charge >= 0.3 is 5.97 Å². The summed E-state index contributed by atoms with van der Waals surface area (Å²) in [4.78, 5) is 60.7. The Kier molecular flexibility index (Phi) is 11.3. The van der Waals surface area contributed by atoms with Gasteiger partial charge in [0.2, 0.25) is 17.7 Å². The minimum absolute atomic E-state index is 0.0263. The molecule has 3 amide bonds. The van der Waals surface area contributed by atoms with E-state index in [0.717, 1.165) is 16.5 Å². The number of benzene rings is 1. The van der Waals surface area contributed by atoms with Crippen LogP contribution in [0.3, 0.4) is 0 Å². The van der Waals surface area contributed by atoms with Crippen molar-refractivity contribution in [1.82, 2.24) is 30.9 Å². The second-order valence-electron chi connectivity index (χ2n) is 8.94. The van der Waals surface area contributed by atoms with Crippen LogP contribution in [0.2, 0.25) is 0 Å². The molecule has 8 N–H and O–H groups in total. The van der Waals surface area contributed by atoms with E-state index >= 15 is 0 Å². The summed E-state index contributed by atoms with van der Waals surface area (Å²) in [5, 5.41) is 18.2. The number of nitrogens with one attached hydrogen (secondary N) is 5. The summed E-state index contributed by atoms with van der Waals surface area (Å²) in [5.74, 6) is -2.50. The van der Waals surface area contributed by atoms with Gasteiger partial charge in [0.25, 0.3) is 0 Å². The smallest absolute Gasteiger partial charge is 0.326 e. The molecule has 2 heterocycles. The first-order valence-corrected chi connectivity index (χ1v) is 14.3. The highest BCUT2D eigenvalue weighted by Gasteiger charge is 2.30. The van der Waals surface area contributed by atoms with Crippen LogP contribution in [-0.2, 0) is 32.0 Å². The third kappa shape index (κ3) is 8.50. The number of carbonyl (C=O) groups is 4. The maximum atomic E-state index is 13.4. The highest BCUT2D eigenvalue weighted by molar-refractivity contribution is 7.98. The van der Waals surface area contributed by atoms with Crippen molar-refractivity contribution in [2.45, 2.75) is 43.4 Å². The zero-order chi connectivity index (χ0) is 28.4. The zero-order valence-electron chi connectivity index (χ0n) is 21.3. The lowest BCUT2D eigenvalue weighted by Crippen LogP contribution is -2.58. The second-order valence-corrected chi connectivity index (χ2v) is 10.3. The van der Waals surface area contributed by atoms with E-state index < -0.39 is 47.9 Å². The molecule has 0 fully saturated rings. The fraction of sp³-hybridized carbons (Fsp3) is 0.400. The predicted octanol–water partition coefficient (Wildman–Crippen LogP) is 0.225. The molecule has 2 aromatic heterocycles. The van der Waals surface area contributed by atoms with Crippen molar-refractivity contribution in [2.75, 3.05) is 17.8 Å². The number of carbonyl (C=O) groups excluding carboxylic acids is 3. The van der Waals surface area contributed by atoms with Crippen LogP contribution in [-0.4, -0.2) is 85.7 Å². The third-order valence-electron chi connectivity index (χ3n) is 6.11. The molecule has 0 bridgehead atoms. The van der Waals surface area contributed by atoms with E-state index in [-0.39, 0.29) is 18.6 Å². The summed E-state index contributed by atoms with van der Waals surface area (Å²) < 4.78 is 0. The molecule has 1 aromatic carbocycles. The molecule has 0 aliphatic rings. The van der Waals surface area contributed by atoms with Crippen molar-refractivity contribution < 1.29 is 24.3 Å². The number of hydrogen-bond donors (Lipinski definition) is 8. The Hall–Kier alpha value is -3.49. The number of thioether (sulfide) groups is 1. The Labute approximate surface area is 235 Å². The number of carboxylic acids is 1. The standard InChI is InChI=1S/C25H33N7O5S2/c1-39-7-6-17(26)22(33)30-19(8-14-10-28-18-5-3-2-4-16(14)18)23(34)32-21(12-38)24(35)31-20(25(36)37)9-15-11-27-13-29-15/h2-5,10-11,13,17,19-21,28,38H,6-9,12,26H2,1H3,(H,27,29)(H,30,33)(H,31,35)(H,32,34)(H,36,37). The molecule has 0 saturated carbocycles. The van der Waals surface area contributed by atoms with Crippen LogP contribution in [0.4, 0.5) is 0 Å². The third-order valence-corrected chi connectivity index (χ3v) is 7.12. The number of amides is 3. The van der Waals surface area contributed by atoms with Gasteiger partial charge in [0.05, 0.1) is 12.4 Å². The molecule has 39 heavy (non-hydrogen) atoms. The van der Waals surface area contributed by atoms with Gasteiger partial charge in [-0.2, -0.15) is 24.4 Å². The average Bonchev–Trinajstić information content (AvgIpc) is 3.59. The molecule has 4 unspecified atom stereocenters. The fourth-order valence-electron chi connectivity index (χ4n) is 3.94. The van der Waals surface area contributed by atoms with Gasteiger partial charge in [-0.15, -0.1) is 0 Å². The quantitative estimate of drug-likeness (QED) is 0.118. The number of aromatic nitrogens is 3. The lowest BCUT2D eigenvalue weighted by Gasteiger charge is -2.24. The van der Waals surface area contributed by atoms with Gasteiger partial charge < -0.3 is 36.8 Å². The van der Waals surface area contributed by atoms with Gasteiger partial charge in [0, 0.05) is 47.6 Å². The van der Waals surface area contributed by atoms with Crippen molar-refractivity contribution in [3.8, 4) is 0 Å². The second kappa shape index (κ2) is 14.6. The van der Waals surface area contributed by atoms with E-state index in [1.54, 1.807) is 18.0 Å². The number of thiol groups is 1. The average molecular weight is 576 g/mol. The van der Waals surface area contributed by atoms with Crippen LogP contribution in [0.15, 0.2) is 43.0 Å². The van der Waals surface area contributed by atoms with E-state index in [9.17, 15) is 24.3 Å². The van der Waals surface area contributed by atoms with Crippen molar-refractivity contribution >= 4 is 59.0 Å². The molecule has 0 radical (unpaired) electrons. The van der Waals surface area contributed by atoms with Crippen LogP contribution in [0.25, 0.3) is 10.9 Å². The fourth-order valence-corrected chi connectivity index (χ4v) is 4.69. The van der Waals surface area contributed by atoms with Crippen molar-refractivity contribution in [1.29, 1.82) is 0 Å². The molecule has 12 nitrogen and oxygen atoms in total. The summed E-state index contributed by atoms with van der Waals surface area (Å²) in [6.07, 6.45) is 7.08. The number of para-hydroxylation sites is 1. The first-order chi connectivity index (χ1) is 18.7. The van der Waals surface area contributed by atoms with Crippen molar-refractivity contribution in [3.63, 3.8) is 0 Å². The number of fused-ring (bicyclic) bond motifs is 1. The number of rotatable bonds is 15. The summed E-state index contributed by atoms with van der Waals surface area (Å²) in [7, 11) is 0. The largest absolute Gasteiger partial charge is 0.480 e. The topological polar surface area (TPSA) is 195 Å². The molecule has 0 spiro atoms. The Morgan fingerprint density at radius 1 is 1.03 bits per heavy atom. The van der Waals surface area contributed by atoms with Gasteiger partial charge in [-0.3, -0.25) is 14.4 Å². The number of carboxylic acid groups (broad SMARTS) is 1. The number of nitrogens with two attached hydrogens (primary N) is 1. The molecule has 0 aliphatic carbocycles. The molecule has 14 heteroatoms. The molecular weight excluding hydrogens is 542 g/mol. The van der Waals surface area contributed by atoms with Crippen LogP contribution in [0, 0.1) is 0 Å². The molecule has 3 aromatic rings. The van der Waals surface area contributed by atoms with E-state index in [1.165, 1.54) is 12.5 Å². The van der Waals surface area contributed by atoms with E-state index in [0.29, 0.717) is 17.9 Å². The van der Waals surface area contributed by atoms with Gasteiger partial charge in [0.15, 0.2) is 0 Å². The minimum Gasteiger partial charge on any atom is -0.480 e. The van der Waals surface area contributed by atoms with E-state index in [4.69, 9.17) is 5.73 Å². The van der Waals surface area contributed by atoms with E-state index in [2.05, 4.69) is 43.5 Å². The Balaban J connectivity index is 1.75. The summed E-state index contributed by atoms with van der Waals surface area (Å²) in [6.45, 7) is 0. The van der Waals surface area contributed by atoms with Crippen LogP contribution in [0.1, 0.15) is 17.7 Å². The van der Waals surface area contributed by atoms with Gasteiger partial charge in [0.1, 0.15) is 18.1 Å². The monoisotopic (exact) mass is 575 g/mol. The molecule has 3 rings (SSSR count). The zero-order valence-corrected chi connectivity index (χ0v) is 23.1. The molecule has 210 valence electrons. The number of hydrogen-bond acceptors (Lipinski definition) is 8. The lowest BCUT2D eigenvalue weighted by atomic mass is 10.0. The maximum Gasteiger partial charge on any atom is 0.326 e. The predicted molar refractivity (Wildman–Crippen MR) is 153 cm³/mol. The van der Waals surface area contributed by atoms with Crippen molar-refractivity contribution in [3.05, 3.63) is 54.2 Å². The lowest BCUT2D eigenvalue weighted by molar-refractivity contribution is -0.142. The highest BCUT2D eigenvalue weighted by atomic mass is 32.2. The summed E-state index contributed by atoms with van der Waals surface area (Å²) in [6, 6.07) is 3.28. The Morgan fingerprint density at radius 3 is 2.38 bits per heavy atom. The van der Waals surface area contributed by atoms with Gasteiger partial charge in [-0.05, 0) is 30.1 Å². The normalized spacial score (nSPS) is 14.2. The summed E-state index contributed by atoms with van der Waals surface area (Å²) in [5.41, 5.74) is 8.22. The number of aliphatic carboxylic acids is 1. The minimum atomic E-state index is -1.26. The number of nitrogens with zero attached hydrogens (tertiary/aromatic N) is 1. The first-order valence-electron chi connectivity index (χ1n) is 12.2. The van der Waals surface area contributed by atoms with E-state index in [1.807, 2.05) is 30.5 Å². The highest BCUT2D eigenvalue weighted by Crippen LogP contribution is 2.19.